The summed E-state index contributed by atoms with van der Waals surface area (Å²) in [7, 11) is 0. The van der Waals surface area contributed by atoms with Crippen LogP contribution in [0.1, 0.15) is 63.2 Å². The van der Waals surface area contributed by atoms with Crippen LogP contribution in [-0.2, 0) is 16.6 Å². The van der Waals surface area contributed by atoms with Crippen LogP contribution in [0.25, 0.3) is 0 Å². The minimum absolute atomic E-state index is 0.0758. The minimum atomic E-state index is 0.0758. The molecule has 1 fully saturated rings. The van der Waals surface area contributed by atoms with Gasteiger partial charge in [-0.15, -0.1) is 0 Å². The Morgan fingerprint density at radius 3 is 3.00 bits per heavy atom. The van der Waals surface area contributed by atoms with E-state index in [4.69, 9.17) is 9.72 Å². The third-order valence-corrected chi connectivity index (χ3v) is 4.26. The van der Waals surface area contributed by atoms with Crippen LogP contribution in [0.15, 0.2) is 6.20 Å². The summed E-state index contributed by atoms with van der Waals surface area (Å²) >= 11 is 0. The molecule has 2 bridgehead atoms. The van der Waals surface area contributed by atoms with Gasteiger partial charge >= 0.3 is 0 Å². The summed E-state index contributed by atoms with van der Waals surface area (Å²) in [5.41, 5.74) is 2.54. The van der Waals surface area contributed by atoms with Crippen LogP contribution in [0.3, 0.4) is 0 Å². The van der Waals surface area contributed by atoms with Gasteiger partial charge in [-0.2, -0.15) is 0 Å². The lowest BCUT2D eigenvalue weighted by Crippen LogP contribution is -2.25. The Labute approximate surface area is 103 Å². The summed E-state index contributed by atoms with van der Waals surface area (Å²) in [5.74, 6) is 0.986. The van der Waals surface area contributed by atoms with Crippen molar-refractivity contribution in [2.75, 3.05) is 0 Å². The second kappa shape index (κ2) is 3.77. The maximum absolute atomic E-state index is 5.90. The van der Waals surface area contributed by atoms with Gasteiger partial charge in [-0.1, -0.05) is 20.8 Å². The first-order valence-electron chi connectivity index (χ1n) is 6.62. The van der Waals surface area contributed by atoms with Gasteiger partial charge in [0.1, 0.15) is 5.82 Å². The van der Waals surface area contributed by atoms with Crippen LogP contribution in [-0.4, -0.2) is 16.1 Å². The largest absolute Gasteiger partial charge is 0.370 e. The molecule has 3 heteroatoms. The van der Waals surface area contributed by atoms with E-state index >= 15 is 0 Å². The zero-order chi connectivity index (χ0) is 12.0. The van der Waals surface area contributed by atoms with Crippen molar-refractivity contribution in [1.29, 1.82) is 0 Å². The standard InChI is InChI=1S/C14H20N2O/c1-4-14(2,3)13-15-8-10-11(16-13)7-9-5-6-12(10)17-9/h8-9,12H,4-7H2,1-3H3. The van der Waals surface area contributed by atoms with Gasteiger partial charge in [-0.25, -0.2) is 9.97 Å². The molecule has 2 unspecified atom stereocenters. The van der Waals surface area contributed by atoms with E-state index < -0.39 is 0 Å². The molecule has 3 nitrogen and oxygen atoms in total. The van der Waals surface area contributed by atoms with Gasteiger partial charge < -0.3 is 4.74 Å². The Bertz CT molecular complexity index is 442. The van der Waals surface area contributed by atoms with E-state index in [2.05, 4.69) is 25.8 Å². The monoisotopic (exact) mass is 232 g/mol. The van der Waals surface area contributed by atoms with E-state index in [-0.39, 0.29) is 11.5 Å². The smallest absolute Gasteiger partial charge is 0.134 e. The van der Waals surface area contributed by atoms with Gasteiger partial charge in [-0.05, 0) is 19.3 Å². The predicted molar refractivity (Wildman–Crippen MR) is 65.9 cm³/mol. The molecule has 0 N–H and O–H groups in total. The molecular formula is C14H20N2O. The molecule has 0 amide bonds. The highest BCUT2D eigenvalue weighted by Crippen LogP contribution is 2.40. The number of fused-ring (bicyclic) bond motifs is 4. The molecule has 2 aliphatic rings. The lowest BCUT2D eigenvalue weighted by Gasteiger charge is -2.26. The minimum Gasteiger partial charge on any atom is -0.370 e. The average molecular weight is 232 g/mol. The zero-order valence-electron chi connectivity index (χ0n) is 10.9. The van der Waals surface area contributed by atoms with Crippen molar-refractivity contribution < 1.29 is 4.74 Å². The zero-order valence-corrected chi connectivity index (χ0v) is 10.9. The lowest BCUT2D eigenvalue weighted by molar-refractivity contribution is 0.0305. The maximum Gasteiger partial charge on any atom is 0.134 e. The molecule has 0 spiro atoms. The summed E-state index contributed by atoms with van der Waals surface area (Å²) in [4.78, 5) is 9.37. The van der Waals surface area contributed by atoms with Gasteiger partial charge in [0.15, 0.2) is 0 Å². The van der Waals surface area contributed by atoms with Crippen LogP contribution >= 0.6 is 0 Å². The van der Waals surface area contributed by atoms with Crippen molar-refractivity contribution in [2.24, 2.45) is 0 Å². The van der Waals surface area contributed by atoms with Crippen LogP contribution in [0.5, 0.6) is 0 Å². The number of ether oxygens (including phenoxy) is 1. The van der Waals surface area contributed by atoms with E-state index in [9.17, 15) is 0 Å². The van der Waals surface area contributed by atoms with E-state index in [1.165, 1.54) is 17.7 Å². The van der Waals surface area contributed by atoms with Crippen molar-refractivity contribution >= 4 is 0 Å². The Morgan fingerprint density at radius 1 is 1.41 bits per heavy atom. The molecule has 17 heavy (non-hydrogen) atoms. The van der Waals surface area contributed by atoms with Gasteiger partial charge in [0.2, 0.25) is 0 Å². The fraction of sp³-hybridized carbons (Fsp3) is 0.714. The van der Waals surface area contributed by atoms with Gasteiger partial charge in [-0.3, -0.25) is 0 Å². The molecular weight excluding hydrogens is 212 g/mol. The van der Waals surface area contributed by atoms with Crippen molar-refractivity contribution in [2.45, 2.75) is 64.1 Å². The Balaban J connectivity index is 2.00. The number of nitrogens with zero attached hydrogens (tertiary/aromatic N) is 2. The molecule has 0 saturated carbocycles. The van der Waals surface area contributed by atoms with E-state index in [0.717, 1.165) is 25.1 Å². The van der Waals surface area contributed by atoms with Gasteiger partial charge in [0, 0.05) is 23.6 Å². The third kappa shape index (κ3) is 1.77. The first kappa shape index (κ1) is 11.1. The highest BCUT2D eigenvalue weighted by Gasteiger charge is 2.35. The molecule has 0 aromatic carbocycles. The first-order valence-corrected chi connectivity index (χ1v) is 6.62. The summed E-state index contributed by atoms with van der Waals surface area (Å²) in [6.07, 6.45) is 7.02. The number of hydrogen-bond donors (Lipinski definition) is 0. The average Bonchev–Trinajstić information content (AvgIpc) is 2.71. The quantitative estimate of drug-likeness (QED) is 0.786. The number of hydrogen-bond acceptors (Lipinski definition) is 3. The highest BCUT2D eigenvalue weighted by atomic mass is 16.5. The van der Waals surface area contributed by atoms with E-state index in [1.54, 1.807) is 0 Å². The van der Waals surface area contributed by atoms with Gasteiger partial charge in [0.05, 0.1) is 17.9 Å². The van der Waals surface area contributed by atoms with Crippen molar-refractivity contribution in [1.82, 2.24) is 9.97 Å². The Morgan fingerprint density at radius 2 is 2.24 bits per heavy atom. The molecule has 3 heterocycles. The summed E-state index contributed by atoms with van der Waals surface area (Å²) in [5, 5.41) is 0. The maximum atomic E-state index is 5.90. The Hall–Kier alpha value is -0.960. The van der Waals surface area contributed by atoms with Crippen LogP contribution in [0.4, 0.5) is 0 Å². The molecule has 1 aromatic heterocycles. The number of rotatable bonds is 2. The molecule has 0 aliphatic carbocycles. The fourth-order valence-electron chi connectivity index (χ4n) is 2.64. The molecule has 0 radical (unpaired) electrons. The first-order chi connectivity index (χ1) is 8.10. The molecule has 3 rings (SSSR count). The second-order valence-corrected chi connectivity index (χ2v) is 5.86. The van der Waals surface area contributed by atoms with E-state index in [1.807, 2.05) is 6.20 Å². The molecule has 2 atom stereocenters. The normalized spacial score (nSPS) is 27.0. The second-order valence-electron chi connectivity index (χ2n) is 5.86. The molecule has 92 valence electrons. The van der Waals surface area contributed by atoms with E-state index in [0.29, 0.717) is 6.10 Å². The van der Waals surface area contributed by atoms with Crippen molar-refractivity contribution in [3.8, 4) is 0 Å². The Kier molecular flexibility index (Phi) is 2.47. The topological polar surface area (TPSA) is 35.0 Å². The number of aromatic nitrogens is 2. The van der Waals surface area contributed by atoms with Crippen LogP contribution in [0, 0.1) is 0 Å². The lowest BCUT2D eigenvalue weighted by atomic mass is 9.89. The summed E-state index contributed by atoms with van der Waals surface area (Å²) in [6, 6.07) is 0. The summed E-state index contributed by atoms with van der Waals surface area (Å²) in [6.45, 7) is 6.61. The van der Waals surface area contributed by atoms with Crippen molar-refractivity contribution in [3.63, 3.8) is 0 Å². The highest BCUT2D eigenvalue weighted by molar-refractivity contribution is 5.26. The van der Waals surface area contributed by atoms with Crippen molar-refractivity contribution in [3.05, 3.63) is 23.3 Å². The van der Waals surface area contributed by atoms with Gasteiger partial charge in [0.25, 0.3) is 0 Å². The summed E-state index contributed by atoms with van der Waals surface area (Å²) < 4.78 is 5.90. The van der Waals surface area contributed by atoms with Crippen LogP contribution < -0.4 is 0 Å². The fourth-order valence-corrected chi connectivity index (χ4v) is 2.64. The SMILES string of the molecule is CCC(C)(C)c1ncc2c(n1)CC1CCC2O1. The molecule has 1 aromatic rings. The molecule has 1 saturated heterocycles. The van der Waals surface area contributed by atoms with Crippen LogP contribution in [0.2, 0.25) is 0 Å². The third-order valence-electron chi connectivity index (χ3n) is 4.26. The molecule has 2 aliphatic heterocycles. The predicted octanol–water partition coefficient (Wildman–Crippen LogP) is 2.94.